The van der Waals surface area contributed by atoms with Gasteiger partial charge in [-0.15, -0.1) is 5.10 Å². The zero-order chi connectivity index (χ0) is 18.7. The zero-order valence-corrected chi connectivity index (χ0v) is 13.7. The van der Waals surface area contributed by atoms with E-state index in [1.54, 1.807) is 6.20 Å². The molecule has 1 amide bonds. The molecule has 1 aromatic heterocycles. The van der Waals surface area contributed by atoms with Crippen LogP contribution in [0.3, 0.4) is 0 Å². The van der Waals surface area contributed by atoms with Crippen molar-refractivity contribution in [2.24, 2.45) is 0 Å². The first kappa shape index (κ1) is 17.2. The molecule has 0 fully saturated rings. The van der Waals surface area contributed by atoms with E-state index in [9.17, 15) is 19.3 Å². The Morgan fingerprint density at radius 3 is 2.65 bits per heavy atom. The minimum absolute atomic E-state index is 0.139. The summed E-state index contributed by atoms with van der Waals surface area (Å²) in [5.41, 5.74) is 2.06. The van der Waals surface area contributed by atoms with E-state index in [1.807, 2.05) is 31.2 Å². The Labute approximate surface area is 147 Å². The number of nitro groups is 1. The molecule has 8 nitrogen and oxygen atoms in total. The van der Waals surface area contributed by atoms with Crippen LogP contribution in [0.2, 0.25) is 0 Å². The van der Waals surface area contributed by atoms with Gasteiger partial charge < -0.3 is 5.32 Å². The predicted molar refractivity (Wildman–Crippen MR) is 91.9 cm³/mol. The Morgan fingerprint density at radius 2 is 2.00 bits per heavy atom. The lowest BCUT2D eigenvalue weighted by atomic mass is 10.1. The van der Waals surface area contributed by atoms with Crippen LogP contribution < -0.4 is 5.32 Å². The van der Waals surface area contributed by atoms with Crippen LogP contribution in [0.4, 0.5) is 15.8 Å². The van der Waals surface area contributed by atoms with Crippen LogP contribution in [0.25, 0.3) is 11.3 Å². The Morgan fingerprint density at radius 1 is 1.27 bits per heavy atom. The summed E-state index contributed by atoms with van der Waals surface area (Å²) in [7, 11) is 0. The molecule has 0 aliphatic carbocycles. The molecule has 0 unspecified atom stereocenters. The van der Waals surface area contributed by atoms with Crippen LogP contribution in [0.5, 0.6) is 0 Å². The minimum atomic E-state index is -0.883. The molecule has 132 valence electrons. The molecular formula is C17H14FN5O3. The molecule has 1 heterocycles. The van der Waals surface area contributed by atoms with Gasteiger partial charge in [0, 0.05) is 11.6 Å². The van der Waals surface area contributed by atoms with Gasteiger partial charge in [-0.1, -0.05) is 35.0 Å². The van der Waals surface area contributed by atoms with Crippen molar-refractivity contribution in [1.29, 1.82) is 0 Å². The van der Waals surface area contributed by atoms with Crippen LogP contribution in [-0.2, 0) is 11.3 Å². The van der Waals surface area contributed by atoms with Gasteiger partial charge in [0.1, 0.15) is 12.2 Å². The second-order valence-corrected chi connectivity index (χ2v) is 5.64. The monoisotopic (exact) mass is 355 g/mol. The number of nitro benzene ring substituents is 1. The first-order chi connectivity index (χ1) is 12.4. The number of hydrogen-bond donors (Lipinski definition) is 1. The number of anilines is 1. The molecule has 0 radical (unpaired) electrons. The van der Waals surface area contributed by atoms with Gasteiger partial charge in [0.2, 0.25) is 5.91 Å². The molecular weight excluding hydrogens is 341 g/mol. The van der Waals surface area contributed by atoms with E-state index in [1.165, 1.54) is 4.68 Å². The summed E-state index contributed by atoms with van der Waals surface area (Å²) in [4.78, 5) is 21.9. The Hall–Kier alpha value is -3.62. The first-order valence-electron chi connectivity index (χ1n) is 7.63. The summed E-state index contributed by atoms with van der Waals surface area (Å²) < 4.78 is 15.1. The van der Waals surface area contributed by atoms with Crippen LogP contribution in [0.15, 0.2) is 48.7 Å². The maximum Gasteiger partial charge on any atom is 0.272 e. The molecule has 3 rings (SSSR count). The lowest BCUT2D eigenvalue weighted by Gasteiger charge is -2.06. The van der Waals surface area contributed by atoms with Crippen LogP contribution >= 0.6 is 0 Å². The number of benzene rings is 2. The Balaban J connectivity index is 1.67. The quantitative estimate of drug-likeness (QED) is 0.560. The summed E-state index contributed by atoms with van der Waals surface area (Å²) in [6.07, 6.45) is 1.61. The summed E-state index contributed by atoms with van der Waals surface area (Å²) in [5.74, 6) is -1.41. The van der Waals surface area contributed by atoms with E-state index < -0.39 is 16.6 Å². The van der Waals surface area contributed by atoms with Crippen molar-refractivity contribution in [3.8, 4) is 11.3 Å². The third kappa shape index (κ3) is 3.89. The highest BCUT2D eigenvalue weighted by Gasteiger charge is 2.13. The smallest absolute Gasteiger partial charge is 0.272 e. The molecule has 0 spiro atoms. The molecule has 9 heteroatoms. The van der Waals surface area contributed by atoms with Crippen molar-refractivity contribution in [1.82, 2.24) is 15.0 Å². The predicted octanol–water partition coefficient (Wildman–Crippen LogP) is 2.94. The Bertz CT molecular complexity index is 969. The van der Waals surface area contributed by atoms with Gasteiger partial charge in [-0.2, -0.15) is 0 Å². The van der Waals surface area contributed by atoms with Crippen LogP contribution in [0.1, 0.15) is 5.56 Å². The third-order valence-corrected chi connectivity index (χ3v) is 3.63. The lowest BCUT2D eigenvalue weighted by molar-refractivity contribution is -0.385. The molecule has 0 bridgehead atoms. The second-order valence-electron chi connectivity index (χ2n) is 5.64. The fraction of sp³-hybridized carbons (Fsp3) is 0.118. The topological polar surface area (TPSA) is 103 Å². The number of carbonyl (C=O) groups is 1. The van der Waals surface area contributed by atoms with Crippen molar-refractivity contribution in [3.05, 3.63) is 70.2 Å². The standard InChI is InChI=1S/C17H14FN5O3/c1-11-2-4-12(5-3-11)16-9-22(21-20-16)10-17(24)19-15-7-6-13(23(25)26)8-14(15)18/h2-9H,10H2,1H3,(H,19,24). The average molecular weight is 355 g/mol. The average Bonchev–Trinajstić information content (AvgIpc) is 3.05. The fourth-order valence-corrected chi connectivity index (χ4v) is 2.29. The normalized spacial score (nSPS) is 10.5. The zero-order valence-electron chi connectivity index (χ0n) is 13.7. The molecule has 0 aliphatic rings. The molecule has 3 aromatic rings. The maximum atomic E-state index is 13.8. The minimum Gasteiger partial charge on any atom is -0.322 e. The number of halogens is 1. The van der Waals surface area contributed by atoms with Crippen LogP contribution in [-0.4, -0.2) is 25.8 Å². The number of aromatic nitrogens is 3. The van der Waals surface area contributed by atoms with Gasteiger partial charge in [-0.05, 0) is 13.0 Å². The van der Waals surface area contributed by atoms with Gasteiger partial charge in [-0.25, -0.2) is 9.07 Å². The number of non-ortho nitro benzene ring substituents is 1. The summed E-state index contributed by atoms with van der Waals surface area (Å²) in [5, 5.41) is 20.8. The van der Waals surface area contributed by atoms with E-state index in [4.69, 9.17) is 0 Å². The molecule has 1 N–H and O–H groups in total. The molecule has 0 atom stereocenters. The number of nitrogens with zero attached hydrogens (tertiary/aromatic N) is 4. The van der Waals surface area contributed by atoms with E-state index in [-0.39, 0.29) is 17.9 Å². The van der Waals surface area contributed by atoms with E-state index in [2.05, 4.69) is 15.6 Å². The molecule has 0 aliphatic heterocycles. The maximum absolute atomic E-state index is 13.8. The highest BCUT2D eigenvalue weighted by Crippen LogP contribution is 2.20. The third-order valence-electron chi connectivity index (χ3n) is 3.63. The SMILES string of the molecule is Cc1ccc(-c2cn(CC(=O)Nc3ccc([N+](=O)[O-])cc3F)nn2)cc1. The van der Waals surface area contributed by atoms with Crippen molar-refractivity contribution in [2.45, 2.75) is 13.5 Å². The number of nitrogens with one attached hydrogen (secondary N) is 1. The van der Waals surface area contributed by atoms with Gasteiger partial charge in [0.15, 0.2) is 5.82 Å². The number of carbonyl (C=O) groups excluding carboxylic acids is 1. The van der Waals surface area contributed by atoms with Crippen molar-refractivity contribution >= 4 is 17.3 Å². The fourth-order valence-electron chi connectivity index (χ4n) is 2.29. The van der Waals surface area contributed by atoms with Crippen molar-refractivity contribution in [3.63, 3.8) is 0 Å². The van der Waals surface area contributed by atoms with E-state index in [0.29, 0.717) is 5.69 Å². The van der Waals surface area contributed by atoms with E-state index in [0.717, 1.165) is 29.3 Å². The van der Waals surface area contributed by atoms with Crippen LogP contribution in [0, 0.1) is 22.9 Å². The van der Waals surface area contributed by atoms with Crippen molar-refractivity contribution < 1.29 is 14.1 Å². The highest BCUT2D eigenvalue weighted by molar-refractivity contribution is 5.90. The summed E-state index contributed by atoms with van der Waals surface area (Å²) in [6.45, 7) is 1.80. The molecule has 0 saturated heterocycles. The highest BCUT2D eigenvalue weighted by atomic mass is 19.1. The molecule has 0 saturated carbocycles. The van der Waals surface area contributed by atoms with E-state index >= 15 is 0 Å². The van der Waals surface area contributed by atoms with Crippen molar-refractivity contribution in [2.75, 3.05) is 5.32 Å². The van der Waals surface area contributed by atoms with Gasteiger partial charge >= 0.3 is 0 Å². The van der Waals surface area contributed by atoms with Gasteiger partial charge in [0.25, 0.3) is 5.69 Å². The summed E-state index contributed by atoms with van der Waals surface area (Å²) >= 11 is 0. The number of hydrogen-bond acceptors (Lipinski definition) is 5. The first-order valence-corrected chi connectivity index (χ1v) is 7.63. The van der Waals surface area contributed by atoms with Gasteiger partial charge in [0.05, 0.1) is 22.9 Å². The van der Waals surface area contributed by atoms with Gasteiger partial charge in [-0.3, -0.25) is 14.9 Å². The number of rotatable bonds is 5. The molecule has 26 heavy (non-hydrogen) atoms. The number of amides is 1. The number of aryl methyl sites for hydroxylation is 1. The Kier molecular flexibility index (Phi) is 4.70. The largest absolute Gasteiger partial charge is 0.322 e. The summed E-state index contributed by atoms with van der Waals surface area (Å²) in [6, 6.07) is 10.7. The molecule has 2 aromatic carbocycles. The second kappa shape index (κ2) is 7.09. The lowest BCUT2D eigenvalue weighted by Crippen LogP contribution is -2.19.